The van der Waals surface area contributed by atoms with E-state index >= 15 is 0 Å². The fourth-order valence-electron chi connectivity index (χ4n) is 4.79. The highest BCUT2D eigenvalue weighted by atomic mass is 35.5. The van der Waals surface area contributed by atoms with Crippen LogP contribution in [0.5, 0.6) is 0 Å². The van der Waals surface area contributed by atoms with E-state index < -0.39 is 5.91 Å². The van der Waals surface area contributed by atoms with Crippen molar-refractivity contribution in [1.82, 2.24) is 30.5 Å². The van der Waals surface area contributed by atoms with Crippen molar-refractivity contribution in [1.29, 1.82) is 0 Å². The van der Waals surface area contributed by atoms with Gasteiger partial charge in [-0.2, -0.15) is 0 Å². The second-order valence-corrected chi connectivity index (χ2v) is 9.86. The van der Waals surface area contributed by atoms with Gasteiger partial charge in [0.15, 0.2) is 11.8 Å². The molecule has 1 fully saturated rings. The number of pyridine rings is 1. The number of nitrogens with one attached hydrogen (secondary N) is 2. The number of fused-ring (bicyclic) bond motifs is 1. The molecule has 3 aliphatic rings. The van der Waals surface area contributed by atoms with Crippen LogP contribution < -0.4 is 27.8 Å². The molecule has 5 heterocycles. The number of aliphatic imine (C=N–C) groups is 2. The molecule has 0 saturated carbocycles. The zero-order chi connectivity index (χ0) is 26.2. The van der Waals surface area contributed by atoms with E-state index in [0.29, 0.717) is 56.4 Å². The average Bonchev–Trinajstić information content (AvgIpc) is 3.46. The molecule has 0 atom stereocenters. The number of nitrogens with zero attached hydrogens (tertiary/aromatic N) is 6. The fraction of sp³-hybridized carbons (Fsp3) is 0.435. The Bertz CT molecular complexity index is 1320. The summed E-state index contributed by atoms with van der Waals surface area (Å²) in [5, 5.41) is 6.20. The average molecular weight is 526 g/mol. The van der Waals surface area contributed by atoms with Gasteiger partial charge in [0.05, 0.1) is 28.4 Å². The molecule has 1 saturated heterocycles. The van der Waals surface area contributed by atoms with E-state index in [1.165, 1.54) is 12.4 Å². The van der Waals surface area contributed by atoms with Gasteiger partial charge in [0.1, 0.15) is 23.7 Å². The molecule has 194 valence electrons. The monoisotopic (exact) mass is 525 g/mol. The standard InChI is InChI=1S/C23H28ClN11O2/c24-14-9-13(18(25)32-19(14)26)21(37)33-22-28-10-23(34-22)4-6-35(7-5-23)16(36)3-1-2-12-8-15-17(31-12)20(27)30-11-29-15/h9,11H,1-8,10H2,(H4,25,26,32)(H2,27,29,30)(H2,28,33,34,37). The summed E-state index contributed by atoms with van der Waals surface area (Å²) < 4.78 is 0. The van der Waals surface area contributed by atoms with Crippen molar-refractivity contribution in [2.45, 2.75) is 44.1 Å². The van der Waals surface area contributed by atoms with E-state index in [0.717, 1.165) is 30.7 Å². The number of carbonyl (C=O) groups excluding carboxylic acids is 2. The third-order valence-corrected chi connectivity index (χ3v) is 7.23. The zero-order valence-corrected chi connectivity index (χ0v) is 20.9. The van der Waals surface area contributed by atoms with Crippen LogP contribution in [0.4, 0.5) is 23.1 Å². The second-order valence-electron chi connectivity index (χ2n) is 9.46. The number of piperidine rings is 1. The van der Waals surface area contributed by atoms with Crippen molar-refractivity contribution >= 4 is 58.2 Å². The van der Waals surface area contributed by atoms with E-state index in [2.05, 4.69) is 35.6 Å². The summed E-state index contributed by atoms with van der Waals surface area (Å²) in [6, 6.07) is 1.38. The number of anilines is 3. The van der Waals surface area contributed by atoms with Gasteiger partial charge in [0.25, 0.3) is 5.91 Å². The van der Waals surface area contributed by atoms with Crippen LogP contribution in [0.25, 0.3) is 0 Å². The highest BCUT2D eigenvalue weighted by Gasteiger charge is 2.40. The third-order valence-electron chi connectivity index (χ3n) is 6.93. The highest BCUT2D eigenvalue weighted by molar-refractivity contribution is 6.33. The Morgan fingerprint density at radius 2 is 1.92 bits per heavy atom. The van der Waals surface area contributed by atoms with Gasteiger partial charge in [-0.1, -0.05) is 11.6 Å². The van der Waals surface area contributed by atoms with E-state index in [4.69, 9.17) is 28.8 Å². The Morgan fingerprint density at radius 1 is 1.14 bits per heavy atom. The SMILES string of the molecule is Nc1nc(N)c(C(=O)NC2=NCC3(CCN(C(=O)CCCC4=Nc5c(N)ncnc5C4)CC3)N2)cc1Cl. The number of halogens is 1. The summed E-state index contributed by atoms with van der Waals surface area (Å²) >= 11 is 5.98. The zero-order valence-electron chi connectivity index (χ0n) is 20.1. The van der Waals surface area contributed by atoms with Gasteiger partial charge in [-0.3, -0.25) is 24.9 Å². The van der Waals surface area contributed by atoms with Crippen LogP contribution in [0.15, 0.2) is 22.4 Å². The summed E-state index contributed by atoms with van der Waals surface area (Å²) in [6.07, 6.45) is 5.43. The lowest BCUT2D eigenvalue weighted by Crippen LogP contribution is -2.56. The van der Waals surface area contributed by atoms with Crippen LogP contribution >= 0.6 is 11.6 Å². The Morgan fingerprint density at radius 3 is 2.68 bits per heavy atom. The van der Waals surface area contributed by atoms with E-state index in [9.17, 15) is 9.59 Å². The molecule has 0 aliphatic carbocycles. The van der Waals surface area contributed by atoms with Gasteiger partial charge in [-0.05, 0) is 31.7 Å². The first kappa shape index (κ1) is 24.7. The first-order chi connectivity index (χ1) is 17.7. The fourth-order valence-corrected chi connectivity index (χ4v) is 4.94. The molecule has 2 amide bonds. The highest BCUT2D eigenvalue weighted by Crippen LogP contribution is 2.31. The predicted molar refractivity (Wildman–Crippen MR) is 141 cm³/mol. The predicted octanol–water partition coefficient (Wildman–Crippen LogP) is 0.821. The largest absolute Gasteiger partial charge is 0.383 e. The third kappa shape index (κ3) is 5.12. The molecule has 8 N–H and O–H groups in total. The Labute approximate surface area is 218 Å². The number of nitrogen functional groups attached to an aromatic ring is 3. The lowest BCUT2D eigenvalue weighted by Gasteiger charge is -2.39. The van der Waals surface area contributed by atoms with Crippen LogP contribution in [0.2, 0.25) is 5.02 Å². The van der Waals surface area contributed by atoms with E-state index in [1.54, 1.807) is 0 Å². The molecule has 3 aliphatic heterocycles. The Hall–Kier alpha value is -4.00. The first-order valence-corrected chi connectivity index (χ1v) is 12.4. The molecule has 0 radical (unpaired) electrons. The number of nitrogens with two attached hydrogens (primary N) is 3. The number of amides is 2. The van der Waals surface area contributed by atoms with Crippen molar-refractivity contribution in [3.63, 3.8) is 0 Å². The molecular weight excluding hydrogens is 498 g/mol. The van der Waals surface area contributed by atoms with Crippen LogP contribution in [0.1, 0.15) is 48.2 Å². The molecule has 37 heavy (non-hydrogen) atoms. The smallest absolute Gasteiger partial charge is 0.261 e. The second kappa shape index (κ2) is 9.81. The topological polar surface area (TPSA) is 203 Å². The van der Waals surface area contributed by atoms with Gasteiger partial charge in [-0.25, -0.2) is 15.0 Å². The molecule has 2 aromatic rings. The van der Waals surface area contributed by atoms with E-state index in [-0.39, 0.29) is 33.7 Å². The van der Waals surface area contributed by atoms with Crippen LogP contribution in [0, 0.1) is 0 Å². The minimum Gasteiger partial charge on any atom is -0.383 e. The van der Waals surface area contributed by atoms with Crippen molar-refractivity contribution in [2.75, 3.05) is 36.8 Å². The maximum Gasteiger partial charge on any atom is 0.261 e. The van der Waals surface area contributed by atoms with Crippen LogP contribution in [0.3, 0.4) is 0 Å². The molecule has 0 aromatic carbocycles. The number of hydrogen-bond acceptors (Lipinski definition) is 11. The molecule has 14 heteroatoms. The van der Waals surface area contributed by atoms with Crippen molar-refractivity contribution in [2.24, 2.45) is 9.98 Å². The quantitative estimate of drug-likeness (QED) is 0.374. The number of guanidine groups is 1. The maximum absolute atomic E-state index is 12.8. The maximum atomic E-state index is 12.8. The molecule has 0 unspecified atom stereocenters. The molecule has 5 rings (SSSR count). The number of carbonyl (C=O) groups is 2. The van der Waals surface area contributed by atoms with Crippen LogP contribution in [-0.2, 0) is 11.2 Å². The Balaban J connectivity index is 1.07. The summed E-state index contributed by atoms with van der Waals surface area (Å²) in [4.78, 5) is 48.4. The normalized spacial score (nSPS) is 17.7. The van der Waals surface area contributed by atoms with Crippen molar-refractivity contribution < 1.29 is 9.59 Å². The summed E-state index contributed by atoms with van der Waals surface area (Å²) in [5.41, 5.74) is 19.6. The molecule has 1 spiro atoms. The van der Waals surface area contributed by atoms with Crippen LogP contribution in [-0.4, -0.2) is 68.5 Å². The minimum atomic E-state index is -0.479. The Kier molecular flexibility index (Phi) is 6.54. The van der Waals surface area contributed by atoms with Gasteiger partial charge < -0.3 is 27.4 Å². The van der Waals surface area contributed by atoms with Gasteiger partial charge in [-0.15, -0.1) is 0 Å². The molecule has 0 bridgehead atoms. The summed E-state index contributed by atoms with van der Waals surface area (Å²) in [7, 11) is 0. The van der Waals surface area contributed by atoms with Gasteiger partial charge >= 0.3 is 0 Å². The lowest BCUT2D eigenvalue weighted by atomic mass is 9.88. The number of rotatable bonds is 5. The van der Waals surface area contributed by atoms with Crippen molar-refractivity contribution in [3.05, 3.63) is 28.7 Å². The number of aromatic nitrogens is 3. The van der Waals surface area contributed by atoms with E-state index in [1.807, 2.05) is 4.90 Å². The van der Waals surface area contributed by atoms with Crippen molar-refractivity contribution in [3.8, 4) is 0 Å². The number of hydrogen-bond donors (Lipinski definition) is 5. The van der Waals surface area contributed by atoms with Gasteiger partial charge in [0, 0.05) is 31.6 Å². The molecular formula is C23H28ClN11O2. The molecule has 13 nitrogen and oxygen atoms in total. The summed E-state index contributed by atoms with van der Waals surface area (Å²) in [5.74, 6) is 0.447. The number of likely N-dealkylation sites (tertiary alicyclic amines) is 1. The first-order valence-electron chi connectivity index (χ1n) is 12.0. The summed E-state index contributed by atoms with van der Waals surface area (Å²) in [6.45, 7) is 1.74. The molecule has 2 aromatic heterocycles. The minimum absolute atomic E-state index is 0.0122. The lowest BCUT2D eigenvalue weighted by molar-refractivity contribution is -0.132. The van der Waals surface area contributed by atoms with Gasteiger partial charge in [0.2, 0.25) is 5.91 Å².